The van der Waals surface area contributed by atoms with Crippen LogP contribution in [0.2, 0.25) is 5.02 Å². The standard InChI is InChI=1S/C18H19ClN2O3S/c19-13-3-7-18(8-4-13)25(22,23)21-14-5-6-15(21)11-17(10-14)24-16-2-1-9-20-12-16/h1-4,7-9,12,14-15,17H,5-6,10-11H2. The lowest BCUT2D eigenvalue weighted by atomic mass is 10.0. The van der Waals surface area contributed by atoms with E-state index in [1.54, 1.807) is 41.0 Å². The Morgan fingerprint density at radius 3 is 2.36 bits per heavy atom. The summed E-state index contributed by atoms with van der Waals surface area (Å²) >= 11 is 5.88. The Balaban J connectivity index is 1.53. The van der Waals surface area contributed by atoms with Crippen LogP contribution in [0.4, 0.5) is 0 Å². The van der Waals surface area contributed by atoms with E-state index < -0.39 is 10.0 Å². The Morgan fingerprint density at radius 1 is 1.08 bits per heavy atom. The van der Waals surface area contributed by atoms with E-state index in [0.29, 0.717) is 22.8 Å². The molecule has 0 aliphatic carbocycles. The van der Waals surface area contributed by atoms with Crippen LogP contribution < -0.4 is 4.74 Å². The third-order valence-corrected chi connectivity index (χ3v) is 7.22. The molecule has 4 rings (SSSR count). The molecular formula is C18H19ClN2O3S. The number of hydrogen-bond donors (Lipinski definition) is 0. The lowest BCUT2D eigenvalue weighted by Gasteiger charge is -2.37. The molecule has 2 saturated heterocycles. The summed E-state index contributed by atoms with van der Waals surface area (Å²) in [6, 6.07) is 10.1. The maximum atomic E-state index is 13.1. The van der Waals surface area contributed by atoms with E-state index in [1.807, 2.05) is 12.1 Å². The minimum Gasteiger partial charge on any atom is -0.489 e. The van der Waals surface area contributed by atoms with Gasteiger partial charge in [-0.3, -0.25) is 4.98 Å². The zero-order valence-electron chi connectivity index (χ0n) is 13.6. The molecule has 1 aromatic heterocycles. The fraction of sp³-hybridized carbons (Fsp3) is 0.389. The highest BCUT2D eigenvalue weighted by atomic mass is 35.5. The third kappa shape index (κ3) is 3.26. The van der Waals surface area contributed by atoms with E-state index in [2.05, 4.69) is 4.98 Å². The lowest BCUT2D eigenvalue weighted by molar-refractivity contribution is 0.0953. The van der Waals surface area contributed by atoms with Crippen molar-refractivity contribution in [3.05, 3.63) is 53.8 Å². The number of nitrogens with zero attached hydrogens (tertiary/aromatic N) is 2. The van der Waals surface area contributed by atoms with Crippen LogP contribution in [-0.2, 0) is 10.0 Å². The van der Waals surface area contributed by atoms with Gasteiger partial charge in [-0.15, -0.1) is 0 Å². The molecule has 0 saturated carbocycles. The van der Waals surface area contributed by atoms with E-state index >= 15 is 0 Å². The molecule has 2 aliphatic heterocycles. The van der Waals surface area contributed by atoms with Crippen LogP contribution in [0.25, 0.3) is 0 Å². The first-order valence-corrected chi connectivity index (χ1v) is 10.2. The Kier molecular flexibility index (Phi) is 4.43. The Bertz CT molecular complexity index is 828. The van der Waals surface area contributed by atoms with Gasteiger partial charge in [0.1, 0.15) is 11.9 Å². The predicted molar refractivity (Wildman–Crippen MR) is 95.2 cm³/mol. The van der Waals surface area contributed by atoms with E-state index in [0.717, 1.165) is 18.6 Å². The fourth-order valence-electron chi connectivity index (χ4n) is 3.91. The zero-order chi connectivity index (χ0) is 17.4. The van der Waals surface area contributed by atoms with Gasteiger partial charge in [0.15, 0.2) is 0 Å². The van der Waals surface area contributed by atoms with E-state index in [-0.39, 0.29) is 18.2 Å². The predicted octanol–water partition coefficient (Wildman–Crippen LogP) is 3.50. The molecule has 0 N–H and O–H groups in total. The SMILES string of the molecule is O=S(=O)(c1ccc(Cl)cc1)N1C2CCC1CC(Oc1cccnc1)C2. The van der Waals surface area contributed by atoms with Gasteiger partial charge in [-0.2, -0.15) is 4.31 Å². The maximum absolute atomic E-state index is 13.1. The molecule has 2 aromatic rings. The van der Waals surface area contributed by atoms with Gasteiger partial charge in [-0.25, -0.2) is 8.42 Å². The van der Waals surface area contributed by atoms with Gasteiger partial charge in [-0.05, 0) is 49.2 Å². The van der Waals surface area contributed by atoms with Gasteiger partial charge >= 0.3 is 0 Å². The number of halogens is 1. The molecule has 2 bridgehead atoms. The quantitative estimate of drug-likeness (QED) is 0.817. The van der Waals surface area contributed by atoms with Gasteiger partial charge in [0.25, 0.3) is 0 Å². The number of rotatable bonds is 4. The highest BCUT2D eigenvalue weighted by molar-refractivity contribution is 7.89. The Hall–Kier alpha value is -1.63. The monoisotopic (exact) mass is 378 g/mol. The number of ether oxygens (including phenoxy) is 1. The zero-order valence-corrected chi connectivity index (χ0v) is 15.2. The topological polar surface area (TPSA) is 59.5 Å². The van der Waals surface area contributed by atoms with Crippen molar-refractivity contribution < 1.29 is 13.2 Å². The molecule has 5 nitrogen and oxygen atoms in total. The molecule has 132 valence electrons. The molecule has 2 atom stereocenters. The summed E-state index contributed by atoms with van der Waals surface area (Å²) in [5.41, 5.74) is 0. The summed E-state index contributed by atoms with van der Waals surface area (Å²) in [6.45, 7) is 0. The third-order valence-electron chi connectivity index (χ3n) is 4.95. The highest BCUT2D eigenvalue weighted by Crippen LogP contribution is 2.40. The first-order valence-electron chi connectivity index (χ1n) is 8.40. The number of piperidine rings is 1. The van der Waals surface area contributed by atoms with Crippen molar-refractivity contribution >= 4 is 21.6 Å². The Labute approximate surface area is 152 Å². The van der Waals surface area contributed by atoms with Crippen LogP contribution in [0.5, 0.6) is 5.75 Å². The number of aromatic nitrogens is 1. The molecule has 7 heteroatoms. The molecule has 2 unspecified atom stereocenters. The molecule has 25 heavy (non-hydrogen) atoms. The fourth-order valence-corrected chi connectivity index (χ4v) is 5.93. The van der Waals surface area contributed by atoms with E-state index in [4.69, 9.17) is 16.3 Å². The number of sulfonamides is 1. The molecule has 2 fully saturated rings. The van der Waals surface area contributed by atoms with Gasteiger partial charge in [0.05, 0.1) is 11.1 Å². The summed E-state index contributed by atoms with van der Waals surface area (Å²) in [7, 11) is -3.50. The minimum atomic E-state index is -3.50. The van der Waals surface area contributed by atoms with Crippen LogP contribution in [-0.4, -0.2) is 35.9 Å². The number of benzene rings is 1. The van der Waals surface area contributed by atoms with E-state index in [1.165, 1.54) is 0 Å². The van der Waals surface area contributed by atoms with Crippen LogP contribution in [0.15, 0.2) is 53.7 Å². The average Bonchev–Trinajstić information content (AvgIpc) is 2.89. The first-order chi connectivity index (χ1) is 12.0. The normalized spacial score (nSPS) is 26.5. The van der Waals surface area contributed by atoms with Gasteiger partial charge in [0.2, 0.25) is 10.0 Å². The summed E-state index contributed by atoms with van der Waals surface area (Å²) in [5.74, 6) is 0.737. The summed E-state index contributed by atoms with van der Waals surface area (Å²) in [5, 5.41) is 0.533. The number of pyridine rings is 1. The second-order valence-corrected chi connectivity index (χ2v) is 8.85. The van der Waals surface area contributed by atoms with Crippen molar-refractivity contribution in [1.29, 1.82) is 0 Å². The van der Waals surface area contributed by atoms with Gasteiger partial charge < -0.3 is 4.74 Å². The molecule has 2 aliphatic rings. The Morgan fingerprint density at radius 2 is 1.76 bits per heavy atom. The molecule has 0 radical (unpaired) electrons. The smallest absolute Gasteiger partial charge is 0.243 e. The van der Waals surface area contributed by atoms with Crippen molar-refractivity contribution in [2.24, 2.45) is 0 Å². The van der Waals surface area contributed by atoms with Crippen molar-refractivity contribution in [2.45, 2.75) is 48.8 Å². The molecule has 0 spiro atoms. The summed E-state index contributed by atoms with van der Waals surface area (Å²) in [4.78, 5) is 4.37. The van der Waals surface area contributed by atoms with Gasteiger partial charge in [-0.1, -0.05) is 11.6 Å². The van der Waals surface area contributed by atoms with Crippen LogP contribution in [0, 0.1) is 0 Å². The lowest BCUT2D eigenvalue weighted by Crippen LogP contribution is -2.49. The second-order valence-electron chi connectivity index (χ2n) is 6.57. The van der Waals surface area contributed by atoms with Crippen LogP contribution in [0.1, 0.15) is 25.7 Å². The molecule has 1 aromatic carbocycles. The first kappa shape index (κ1) is 16.8. The molecule has 3 heterocycles. The largest absolute Gasteiger partial charge is 0.489 e. The highest BCUT2D eigenvalue weighted by Gasteiger charge is 2.47. The second kappa shape index (κ2) is 6.59. The number of fused-ring (bicyclic) bond motifs is 2. The average molecular weight is 379 g/mol. The van der Waals surface area contributed by atoms with Crippen molar-refractivity contribution in [3.63, 3.8) is 0 Å². The minimum absolute atomic E-state index is 0.0129. The number of hydrogen-bond acceptors (Lipinski definition) is 4. The molecular weight excluding hydrogens is 360 g/mol. The van der Waals surface area contributed by atoms with Crippen LogP contribution >= 0.6 is 11.6 Å². The summed E-state index contributed by atoms with van der Waals surface area (Å²) in [6.07, 6.45) is 6.60. The maximum Gasteiger partial charge on any atom is 0.243 e. The van der Waals surface area contributed by atoms with Crippen LogP contribution in [0.3, 0.4) is 0 Å². The summed E-state index contributed by atoms with van der Waals surface area (Å²) < 4.78 is 33.8. The molecule has 0 amide bonds. The van der Waals surface area contributed by atoms with Gasteiger partial charge in [0, 0.05) is 36.1 Å². The van der Waals surface area contributed by atoms with Crippen molar-refractivity contribution in [1.82, 2.24) is 9.29 Å². The van der Waals surface area contributed by atoms with Crippen molar-refractivity contribution in [2.75, 3.05) is 0 Å². The van der Waals surface area contributed by atoms with E-state index in [9.17, 15) is 8.42 Å². The van der Waals surface area contributed by atoms with Crippen molar-refractivity contribution in [3.8, 4) is 5.75 Å².